The van der Waals surface area contributed by atoms with Crippen molar-refractivity contribution in [3.8, 4) is 34.0 Å². The Balaban J connectivity index is 1.27. The van der Waals surface area contributed by atoms with Crippen LogP contribution < -0.4 is 9.47 Å². The van der Waals surface area contributed by atoms with Gasteiger partial charge in [-0.3, -0.25) is 0 Å². The van der Waals surface area contributed by atoms with E-state index in [0.29, 0.717) is 0 Å². The molecule has 4 rings (SSSR count). The largest absolute Gasteiger partial charge is 0.497 e. The number of nitrogens with one attached hydrogen (secondary N) is 1. The van der Waals surface area contributed by atoms with E-state index in [-0.39, 0.29) is 0 Å². The second-order valence-electron chi connectivity index (χ2n) is 7.43. The number of rotatable bonds is 11. The minimum atomic E-state index is 0.730. The molecule has 0 fully saturated rings. The molecule has 0 bridgehead atoms. The molecule has 164 valence electrons. The number of hydrogen-bond acceptors (Lipinski definition) is 4. The van der Waals surface area contributed by atoms with Gasteiger partial charge in [0.05, 0.1) is 25.1 Å². The highest BCUT2D eigenvalue weighted by Crippen LogP contribution is 2.32. The monoisotopic (exact) mass is 444 g/mol. The summed E-state index contributed by atoms with van der Waals surface area (Å²) in [6.07, 6.45) is 3.29. The van der Waals surface area contributed by atoms with E-state index in [1.165, 1.54) is 0 Å². The van der Waals surface area contributed by atoms with Gasteiger partial charge in [0.15, 0.2) is 5.16 Å². The Morgan fingerprint density at radius 1 is 0.750 bits per heavy atom. The predicted molar refractivity (Wildman–Crippen MR) is 133 cm³/mol. The minimum absolute atomic E-state index is 0.730. The quantitative estimate of drug-likeness (QED) is 0.198. The van der Waals surface area contributed by atoms with Crippen molar-refractivity contribution in [3.63, 3.8) is 0 Å². The molecule has 0 aliphatic heterocycles. The molecule has 0 atom stereocenters. The molecule has 1 N–H and O–H groups in total. The maximum atomic E-state index is 5.81. The van der Waals surface area contributed by atoms with Gasteiger partial charge in [0.2, 0.25) is 0 Å². The number of nitrogens with zero attached hydrogens (tertiary/aromatic N) is 1. The second kappa shape index (κ2) is 11.4. The van der Waals surface area contributed by atoms with Crippen LogP contribution in [0.1, 0.15) is 19.3 Å². The molecule has 0 saturated heterocycles. The number of H-pyrrole nitrogens is 1. The Labute approximate surface area is 194 Å². The van der Waals surface area contributed by atoms with Gasteiger partial charge >= 0.3 is 0 Å². The first kappa shape index (κ1) is 22.0. The average Bonchev–Trinajstić information content (AvgIpc) is 3.29. The number of aromatic amines is 1. The second-order valence-corrected chi connectivity index (χ2v) is 8.51. The van der Waals surface area contributed by atoms with Gasteiger partial charge in [0.25, 0.3) is 0 Å². The van der Waals surface area contributed by atoms with Crippen LogP contribution in [0.25, 0.3) is 22.5 Å². The van der Waals surface area contributed by atoms with Crippen LogP contribution >= 0.6 is 11.8 Å². The molecule has 4 nitrogen and oxygen atoms in total. The van der Waals surface area contributed by atoms with Crippen molar-refractivity contribution in [2.45, 2.75) is 24.4 Å². The zero-order chi connectivity index (χ0) is 22.0. The molecule has 4 aromatic rings. The number of methoxy groups -OCH3 is 1. The summed E-state index contributed by atoms with van der Waals surface area (Å²) in [5.74, 6) is 2.76. The average molecular weight is 445 g/mol. The summed E-state index contributed by atoms with van der Waals surface area (Å²) in [4.78, 5) is 8.46. The molecular weight excluding hydrogens is 416 g/mol. The van der Waals surface area contributed by atoms with Crippen LogP contribution in [0.4, 0.5) is 0 Å². The van der Waals surface area contributed by atoms with E-state index in [9.17, 15) is 0 Å². The van der Waals surface area contributed by atoms with E-state index >= 15 is 0 Å². The molecule has 0 aliphatic rings. The standard InChI is InChI=1S/C27H28N2O2S/c1-30-23-15-17-24(18-16-23)31-19-9-4-10-20-32-27-28-25(21-11-5-2-6-12-21)26(29-27)22-13-7-3-8-14-22/h2-3,5-8,11-18H,4,9-10,19-20H2,1H3,(H,28,29). The molecule has 32 heavy (non-hydrogen) atoms. The van der Waals surface area contributed by atoms with Crippen molar-refractivity contribution < 1.29 is 9.47 Å². The SMILES string of the molecule is COc1ccc(OCCCCCSc2nc(-c3ccccc3)c(-c3ccccc3)[nH]2)cc1. The summed E-state index contributed by atoms with van der Waals surface area (Å²) in [7, 11) is 1.67. The maximum Gasteiger partial charge on any atom is 0.166 e. The molecule has 5 heteroatoms. The Hall–Kier alpha value is -3.18. The lowest BCUT2D eigenvalue weighted by atomic mass is 10.1. The smallest absolute Gasteiger partial charge is 0.166 e. The lowest BCUT2D eigenvalue weighted by molar-refractivity contribution is 0.306. The number of imidazole rings is 1. The summed E-state index contributed by atoms with van der Waals surface area (Å²) < 4.78 is 11.0. The van der Waals surface area contributed by atoms with Crippen molar-refractivity contribution in [1.29, 1.82) is 0 Å². The predicted octanol–water partition coefficient (Wildman–Crippen LogP) is 7.09. The van der Waals surface area contributed by atoms with Crippen molar-refractivity contribution >= 4 is 11.8 Å². The van der Waals surface area contributed by atoms with Gasteiger partial charge in [-0.05, 0) is 43.5 Å². The Bertz CT molecular complexity index is 1020. The van der Waals surface area contributed by atoms with Crippen LogP contribution in [-0.4, -0.2) is 29.4 Å². The zero-order valence-electron chi connectivity index (χ0n) is 18.3. The number of thioether (sulfide) groups is 1. The molecule has 0 unspecified atom stereocenters. The fraction of sp³-hybridized carbons (Fsp3) is 0.222. The van der Waals surface area contributed by atoms with Crippen LogP contribution in [0.5, 0.6) is 11.5 Å². The molecule has 0 radical (unpaired) electrons. The lowest BCUT2D eigenvalue weighted by Crippen LogP contribution is -1.97. The first-order valence-corrected chi connectivity index (χ1v) is 11.9. The molecule has 0 saturated carbocycles. The Morgan fingerprint density at radius 3 is 2.09 bits per heavy atom. The highest BCUT2D eigenvalue weighted by Gasteiger charge is 2.14. The summed E-state index contributed by atoms with van der Waals surface area (Å²) in [6, 6.07) is 28.5. The van der Waals surface area contributed by atoms with Gasteiger partial charge in [0, 0.05) is 16.9 Å². The third-order valence-electron chi connectivity index (χ3n) is 5.15. The third-order valence-corrected chi connectivity index (χ3v) is 6.11. The molecule has 1 aromatic heterocycles. The van der Waals surface area contributed by atoms with Crippen LogP contribution in [0.2, 0.25) is 0 Å². The van der Waals surface area contributed by atoms with E-state index in [4.69, 9.17) is 14.5 Å². The van der Waals surface area contributed by atoms with Gasteiger partial charge in [0.1, 0.15) is 11.5 Å². The normalized spacial score (nSPS) is 10.8. The summed E-state index contributed by atoms with van der Waals surface area (Å²) in [6.45, 7) is 0.730. The van der Waals surface area contributed by atoms with Crippen LogP contribution in [0.15, 0.2) is 90.1 Å². The number of benzene rings is 3. The minimum Gasteiger partial charge on any atom is -0.497 e. The van der Waals surface area contributed by atoms with Gasteiger partial charge < -0.3 is 14.5 Å². The number of hydrogen-bond donors (Lipinski definition) is 1. The Kier molecular flexibility index (Phi) is 7.88. The molecule has 0 amide bonds. The summed E-state index contributed by atoms with van der Waals surface area (Å²) in [5, 5.41) is 0.970. The maximum absolute atomic E-state index is 5.81. The zero-order valence-corrected chi connectivity index (χ0v) is 19.1. The Morgan fingerprint density at radius 2 is 1.41 bits per heavy atom. The molecule has 0 aliphatic carbocycles. The fourth-order valence-corrected chi connectivity index (χ4v) is 4.32. The van der Waals surface area contributed by atoms with Gasteiger partial charge in [-0.25, -0.2) is 4.98 Å². The van der Waals surface area contributed by atoms with E-state index in [0.717, 1.165) is 70.8 Å². The first-order valence-electron chi connectivity index (χ1n) is 10.9. The number of aromatic nitrogens is 2. The molecular formula is C27H28N2O2S. The number of unbranched alkanes of at least 4 members (excludes halogenated alkanes) is 2. The van der Waals surface area contributed by atoms with Crippen molar-refractivity contribution in [2.24, 2.45) is 0 Å². The lowest BCUT2D eigenvalue weighted by Gasteiger charge is -2.06. The van der Waals surface area contributed by atoms with Gasteiger partial charge in [-0.15, -0.1) is 0 Å². The molecule has 1 heterocycles. The van der Waals surface area contributed by atoms with Gasteiger partial charge in [-0.1, -0.05) is 72.4 Å². The first-order chi connectivity index (χ1) is 15.8. The third kappa shape index (κ3) is 5.95. The molecule has 0 spiro atoms. The highest BCUT2D eigenvalue weighted by atomic mass is 32.2. The summed E-state index contributed by atoms with van der Waals surface area (Å²) in [5.41, 5.74) is 4.37. The van der Waals surface area contributed by atoms with Crippen molar-refractivity contribution in [3.05, 3.63) is 84.9 Å². The van der Waals surface area contributed by atoms with E-state index in [1.54, 1.807) is 18.9 Å². The van der Waals surface area contributed by atoms with Crippen LogP contribution in [0, 0.1) is 0 Å². The van der Waals surface area contributed by atoms with E-state index in [2.05, 4.69) is 53.5 Å². The van der Waals surface area contributed by atoms with E-state index in [1.807, 2.05) is 36.4 Å². The fourth-order valence-electron chi connectivity index (χ4n) is 3.45. The molecule has 3 aromatic carbocycles. The van der Waals surface area contributed by atoms with Crippen LogP contribution in [0.3, 0.4) is 0 Å². The van der Waals surface area contributed by atoms with Crippen LogP contribution in [-0.2, 0) is 0 Å². The highest BCUT2D eigenvalue weighted by molar-refractivity contribution is 7.99. The summed E-state index contributed by atoms with van der Waals surface area (Å²) >= 11 is 1.78. The van der Waals surface area contributed by atoms with Gasteiger partial charge in [-0.2, -0.15) is 0 Å². The van der Waals surface area contributed by atoms with Crippen molar-refractivity contribution in [2.75, 3.05) is 19.5 Å². The topological polar surface area (TPSA) is 47.1 Å². The number of ether oxygens (including phenoxy) is 2. The van der Waals surface area contributed by atoms with E-state index < -0.39 is 0 Å². The van der Waals surface area contributed by atoms with Crippen molar-refractivity contribution in [1.82, 2.24) is 9.97 Å².